The van der Waals surface area contributed by atoms with Crippen LogP contribution in [0.3, 0.4) is 0 Å². The summed E-state index contributed by atoms with van der Waals surface area (Å²) in [5.41, 5.74) is 2.55. The van der Waals surface area contributed by atoms with Crippen LogP contribution in [-0.4, -0.2) is 61.3 Å². The van der Waals surface area contributed by atoms with Gasteiger partial charge in [-0.15, -0.1) is 0 Å². The molecule has 2 saturated heterocycles. The van der Waals surface area contributed by atoms with Gasteiger partial charge in [0.15, 0.2) is 5.78 Å². The third-order valence-corrected chi connectivity index (χ3v) is 4.62. The van der Waals surface area contributed by atoms with Gasteiger partial charge >= 0.3 is 6.09 Å². The normalized spacial score (nSPS) is 22.8. The molecule has 146 valence electrons. The largest absolute Gasteiger partial charge is 0.442 e. The Balaban J connectivity index is 1.69. The zero-order valence-electron chi connectivity index (χ0n) is 14.8. The number of ether oxygens (including phenoxy) is 1. The smallest absolute Gasteiger partial charge is 0.414 e. The summed E-state index contributed by atoms with van der Waals surface area (Å²) in [6.07, 6.45) is -0.755. The Morgan fingerprint density at radius 2 is 2.19 bits per heavy atom. The highest BCUT2D eigenvalue weighted by Crippen LogP contribution is 2.29. The number of hydroxylamine groups is 1. The lowest BCUT2D eigenvalue weighted by Gasteiger charge is -2.32. The topological polar surface area (TPSA) is 111 Å². The van der Waals surface area contributed by atoms with Gasteiger partial charge in [-0.05, 0) is 24.6 Å². The lowest BCUT2D eigenvalue weighted by molar-refractivity contribution is -0.123. The molecule has 3 N–H and O–H groups in total. The van der Waals surface area contributed by atoms with Gasteiger partial charge in [0, 0.05) is 13.5 Å². The maximum atomic E-state index is 14.6. The summed E-state index contributed by atoms with van der Waals surface area (Å²) in [7, 11) is 0. The highest BCUT2D eigenvalue weighted by Gasteiger charge is 2.33. The molecule has 0 aromatic heterocycles. The Morgan fingerprint density at radius 3 is 2.81 bits per heavy atom. The summed E-state index contributed by atoms with van der Waals surface area (Å²) in [6.45, 7) is 2.15. The number of Topliss-reactive ketones (excluding diaryl/α,β-unsaturated/α-hetero) is 1. The van der Waals surface area contributed by atoms with Gasteiger partial charge in [0.25, 0.3) is 0 Å². The van der Waals surface area contributed by atoms with E-state index in [1.807, 2.05) is 5.48 Å². The number of carbonyl (C=O) groups is 3. The number of halogens is 1. The Hall–Kier alpha value is -2.72. The lowest BCUT2D eigenvalue weighted by Crippen LogP contribution is -2.49. The molecule has 2 aliphatic rings. The maximum Gasteiger partial charge on any atom is 0.414 e. The van der Waals surface area contributed by atoms with Crippen molar-refractivity contribution in [2.24, 2.45) is 0 Å². The van der Waals surface area contributed by atoms with Crippen molar-refractivity contribution in [3.63, 3.8) is 0 Å². The number of piperidine rings is 1. The van der Waals surface area contributed by atoms with E-state index in [1.165, 1.54) is 24.0 Å². The minimum Gasteiger partial charge on any atom is -0.442 e. The molecule has 2 aliphatic heterocycles. The van der Waals surface area contributed by atoms with Crippen LogP contribution in [0.4, 0.5) is 20.6 Å². The minimum absolute atomic E-state index is 0.0148. The molecular formula is C17H21FN4O5. The molecule has 0 spiro atoms. The molecule has 10 heteroatoms. The third kappa shape index (κ3) is 4.17. The van der Waals surface area contributed by atoms with Gasteiger partial charge < -0.3 is 20.2 Å². The predicted octanol–water partition coefficient (Wildman–Crippen LogP) is 0.414. The summed E-state index contributed by atoms with van der Waals surface area (Å²) >= 11 is 0. The number of nitrogens with one attached hydrogen (secondary N) is 2. The van der Waals surface area contributed by atoms with Gasteiger partial charge in [-0.2, -0.15) is 5.48 Å². The Morgan fingerprint density at radius 1 is 1.41 bits per heavy atom. The molecule has 0 bridgehead atoms. The number of hydrogen-bond acceptors (Lipinski definition) is 7. The number of cyclic esters (lactones) is 1. The summed E-state index contributed by atoms with van der Waals surface area (Å²) in [5.74, 6) is -1.01. The van der Waals surface area contributed by atoms with Crippen molar-refractivity contribution in [2.45, 2.75) is 25.5 Å². The van der Waals surface area contributed by atoms with Gasteiger partial charge in [0.05, 0.1) is 37.1 Å². The fourth-order valence-electron chi connectivity index (χ4n) is 3.18. The van der Waals surface area contributed by atoms with E-state index in [4.69, 9.17) is 9.94 Å². The monoisotopic (exact) mass is 380 g/mol. The first-order valence-corrected chi connectivity index (χ1v) is 8.58. The summed E-state index contributed by atoms with van der Waals surface area (Å²) in [6, 6.07) is 3.68. The first-order valence-electron chi connectivity index (χ1n) is 8.58. The zero-order chi connectivity index (χ0) is 19.6. The Labute approximate surface area is 155 Å². The SMILES string of the molecule is CC(=O)NCC1CN(c2ccc(N3CCC(NO)C(=O)C3)c(F)c2)C(=O)O1. The predicted molar refractivity (Wildman–Crippen MR) is 93.2 cm³/mol. The van der Waals surface area contributed by atoms with Crippen molar-refractivity contribution < 1.29 is 28.7 Å². The van der Waals surface area contributed by atoms with E-state index in [-0.39, 0.29) is 37.0 Å². The summed E-state index contributed by atoms with van der Waals surface area (Å²) in [4.78, 5) is 37.8. The summed E-state index contributed by atoms with van der Waals surface area (Å²) in [5, 5.41) is 11.5. The lowest BCUT2D eigenvalue weighted by atomic mass is 10.0. The molecule has 3 rings (SSSR count). The van der Waals surface area contributed by atoms with Crippen LogP contribution in [-0.2, 0) is 14.3 Å². The third-order valence-electron chi connectivity index (χ3n) is 4.62. The quantitative estimate of drug-likeness (QED) is 0.635. The number of nitrogens with zero attached hydrogens (tertiary/aromatic N) is 2. The van der Waals surface area contributed by atoms with Crippen LogP contribution in [0.2, 0.25) is 0 Å². The maximum absolute atomic E-state index is 14.6. The van der Waals surface area contributed by atoms with E-state index in [1.54, 1.807) is 11.0 Å². The molecule has 0 saturated carbocycles. The van der Waals surface area contributed by atoms with Crippen molar-refractivity contribution in [1.82, 2.24) is 10.8 Å². The van der Waals surface area contributed by atoms with E-state index >= 15 is 0 Å². The molecule has 1 aromatic carbocycles. The fraction of sp³-hybridized carbons (Fsp3) is 0.471. The molecule has 9 nitrogen and oxygen atoms in total. The van der Waals surface area contributed by atoms with Gasteiger partial charge in [-0.3, -0.25) is 14.5 Å². The molecule has 2 heterocycles. The number of amides is 2. The summed E-state index contributed by atoms with van der Waals surface area (Å²) < 4.78 is 19.8. The van der Waals surface area contributed by atoms with Crippen molar-refractivity contribution >= 4 is 29.2 Å². The molecule has 27 heavy (non-hydrogen) atoms. The molecule has 0 aliphatic carbocycles. The Kier molecular flexibility index (Phi) is 5.57. The molecule has 2 fully saturated rings. The molecule has 2 amide bonds. The first-order chi connectivity index (χ1) is 12.9. The van der Waals surface area contributed by atoms with Gasteiger partial charge in [0.2, 0.25) is 5.91 Å². The molecule has 2 atom stereocenters. The average molecular weight is 380 g/mol. The molecule has 0 radical (unpaired) electrons. The van der Waals surface area contributed by atoms with Crippen LogP contribution in [0.25, 0.3) is 0 Å². The number of benzene rings is 1. The van der Waals surface area contributed by atoms with Crippen LogP contribution in [0.1, 0.15) is 13.3 Å². The Bertz CT molecular complexity index is 759. The van der Waals surface area contributed by atoms with Crippen LogP contribution in [0.15, 0.2) is 18.2 Å². The van der Waals surface area contributed by atoms with Crippen LogP contribution in [0, 0.1) is 5.82 Å². The van der Waals surface area contributed by atoms with E-state index < -0.39 is 24.1 Å². The van der Waals surface area contributed by atoms with Crippen molar-refractivity contribution in [2.75, 3.05) is 36.0 Å². The van der Waals surface area contributed by atoms with Crippen LogP contribution >= 0.6 is 0 Å². The highest BCUT2D eigenvalue weighted by molar-refractivity contribution is 5.91. The molecule has 2 unspecified atom stereocenters. The highest BCUT2D eigenvalue weighted by atomic mass is 19.1. The van der Waals surface area contributed by atoms with E-state index in [9.17, 15) is 18.8 Å². The van der Waals surface area contributed by atoms with E-state index in [0.29, 0.717) is 18.7 Å². The standard InChI is InChI=1S/C17H21FN4O5/c1-10(23)19-7-12-8-22(17(25)27-12)11-2-3-15(13(18)6-11)21-5-4-14(20-26)16(24)9-21/h2-3,6,12,14,20,26H,4-5,7-9H2,1H3,(H,19,23). The van der Waals surface area contributed by atoms with Gasteiger partial charge in [0.1, 0.15) is 11.9 Å². The van der Waals surface area contributed by atoms with Crippen molar-refractivity contribution in [1.29, 1.82) is 0 Å². The number of rotatable bonds is 5. The molecular weight excluding hydrogens is 359 g/mol. The van der Waals surface area contributed by atoms with Crippen molar-refractivity contribution in [3.05, 3.63) is 24.0 Å². The van der Waals surface area contributed by atoms with E-state index in [0.717, 1.165) is 0 Å². The second-order valence-electron chi connectivity index (χ2n) is 6.55. The van der Waals surface area contributed by atoms with Gasteiger partial charge in [-0.1, -0.05) is 0 Å². The minimum atomic E-state index is -0.636. The number of hydrogen-bond donors (Lipinski definition) is 3. The average Bonchev–Trinajstić information content (AvgIpc) is 3.00. The number of ketones is 1. The molecule has 1 aromatic rings. The van der Waals surface area contributed by atoms with Crippen LogP contribution in [0.5, 0.6) is 0 Å². The zero-order valence-corrected chi connectivity index (χ0v) is 14.8. The van der Waals surface area contributed by atoms with Crippen LogP contribution < -0.4 is 20.6 Å². The fourth-order valence-corrected chi connectivity index (χ4v) is 3.18. The second kappa shape index (κ2) is 7.89. The van der Waals surface area contributed by atoms with Gasteiger partial charge in [-0.25, -0.2) is 9.18 Å². The van der Waals surface area contributed by atoms with E-state index in [2.05, 4.69) is 5.32 Å². The second-order valence-corrected chi connectivity index (χ2v) is 6.55. The first kappa shape index (κ1) is 19.1. The number of carbonyl (C=O) groups excluding carboxylic acids is 3. The number of anilines is 2. The van der Waals surface area contributed by atoms with Crippen molar-refractivity contribution in [3.8, 4) is 0 Å².